The van der Waals surface area contributed by atoms with Gasteiger partial charge in [0.05, 0.1) is 16.3 Å². The number of halogens is 2. The highest BCUT2D eigenvalue weighted by molar-refractivity contribution is 7.10. The molecule has 0 bridgehead atoms. The van der Waals surface area contributed by atoms with Gasteiger partial charge in [0.2, 0.25) is 0 Å². The summed E-state index contributed by atoms with van der Waals surface area (Å²) in [5.74, 6) is -0.750. The number of nitrogens with one attached hydrogen (secondary N) is 1. The lowest BCUT2D eigenvalue weighted by Gasteiger charge is -2.20. The van der Waals surface area contributed by atoms with Gasteiger partial charge < -0.3 is 5.32 Å². The Kier molecular flexibility index (Phi) is 3.57. The standard InChI is InChI=1S/C14H14F2N2S/c15-10-4-1-5-11(16)13(10)12-8-19-14(18-12)9-3-2-6-17-7-9/h1,4-5,8-9,17H,2-3,6-7H2. The van der Waals surface area contributed by atoms with Crippen LogP contribution in [-0.2, 0) is 0 Å². The number of rotatable bonds is 2. The summed E-state index contributed by atoms with van der Waals surface area (Å²) in [5, 5.41) is 6.03. The fourth-order valence-electron chi connectivity index (χ4n) is 2.40. The zero-order valence-electron chi connectivity index (χ0n) is 10.3. The Bertz CT molecular complexity index is 556. The van der Waals surface area contributed by atoms with Crippen LogP contribution in [0.25, 0.3) is 11.3 Å². The van der Waals surface area contributed by atoms with Gasteiger partial charge in [-0.05, 0) is 31.5 Å². The third-order valence-corrected chi connectivity index (χ3v) is 4.39. The van der Waals surface area contributed by atoms with E-state index in [9.17, 15) is 8.78 Å². The quantitative estimate of drug-likeness (QED) is 0.910. The molecular weight excluding hydrogens is 266 g/mol. The molecule has 0 amide bonds. The van der Waals surface area contributed by atoms with E-state index >= 15 is 0 Å². The molecule has 2 nitrogen and oxygen atoms in total. The molecule has 1 aromatic heterocycles. The minimum atomic E-state index is -0.557. The second kappa shape index (κ2) is 5.35. The first kappa shape index (κ1) is 12.7. The van der Waals surface area contributed by atoms with Crippen molar-refractivity contribution in [2.24, 2.45) is 0 Å². The van der Waals surface area contributed by atoms with E-state index in [0.717, 1.165) is 30.9 Å². The van der Waals surface area contributed by atoms with Crippen molar-refractivity contribution < 1.29 is 8.78 Å². The van der Waals surface area contributed by atoms with Gasteiger partial charge in [0.15, 0.2) is 0 Å². The maximum absolute atomic E-state index is 13.7. The average molecular weight is 280 g/mol. The molecule has 0 saturated carbocycles. The van der Waals surface area contributed by atoms with Gasteiger partial charge in [-0.1, -0.05) is 6.07 Å². The zero-order chi connectivity index (χ0) is 13.2. The van der Waals surface area contributed by atoms with Crippen LogP contribution in [0.15, 0.2) is 23.6 Å². The van der Waals surface area contributed by atoms with Crippen LogP contribution in [0.1, 0.15) is 23.8 Å². The predicted octanol–water partition coefficient (Wildman–Crippen LogP) is 3.56. The van der Waals surface area contributed by atoms with Crippen molar-refractivity contribution in [1.29, 1.82) is 0 Å². The van der Waals surface area contributed by atoms with Crippen molar-refractivity contribution in [2.45, 2.75) is 18.8 Å². The molecule has 0 spiro atoms. The number of hydrogen-bond acceptors (Lipinski definition) is 3. The maximum atomic E-state index is 13.7. The molecule has 100 valence electrons. The molecule has 19 heavy (non-hydrogen) atoms. The molecule has 1 atom stereocenters. The highest BCUT2D eigenvalue weighted by atomic mass is 32.1. The van der Waals surface area contributed by atoms with E-state index in [1.165, 1.54) is 29.5 Å². The SMILES string of the molecule is Fc1cccc(F)c1-c1csc(C2CCCNC2)n1. The van der Waals surface area contributed by atoms with Crippen LogP contribution >= 0.6 is 11.3 Å². The average Bonchev–Trinajstić information content (AvgIpc) is 2.89. The second-order valence-corrected chi connectivity index (χ2v) is 5.60. The summed E-state index contributed by atoms with van der Waals surface area (Å²) >= 11 is 1.48. The van der Waals surface area contributed by atoms with E-state index in [4.69, 9.17) is 0 Å². The molecule has 1 unspecified atom stereocenters. The van der Waals surface area contributed by atoms with Gasteiger partial charge in [0.1, 0.15) is 11.6 Å². The topological polar surface area (TPSA) is 24.9 Å². The molecule has 1 N–H and O–H groups in total. The largest absolute Gasteiger partial charge is 0.316 e. The summed E-state index contributed by atoms with van der Waals surface area (Å²) in [4.78, 5) is 4.42. The first-order chi connectivity index (χ1) is 9.25. The maximum Gasteiger partial charge on any atom is 0.135 e. The molecule has 1 fully saturated rings. The zero-order valence-corrected chi connectivity index (χ0v) is 11.1. The van der Waals surface area contributed by atoms with Crippen LogP contribution in [0, 0.1) is 11.6 Å². The van der Waals surface area contributed by atoms with Crippen LogP contribution in [0.5, 0.6) is 0 Å². The van der Waals surface area contributed by atoms with Crippen molar-refractivity contribution in [3.63, 3.8) is 0 Å². The number of hydrogen-bond donors (Lipinski definition) is 1. The minimum Gasteiger partial charge on any atom is -0.316 e. The van der Waals surface area contributed by atoms with Crippen LogP contribution < -0.4 is 5.32 Å². The highest BCUT2D eigenvalue weighted by Crippen LogP contribution is 2.32. The summed E-state index contributed by atoms with van der Waals surface area (Å²) in [6.07, 6.45) is 2.20. The van der Waals surface area contributed by atoms with Gasteiger partial charge in [-0.3, -0.25) is 0 Å². The first-order valence-electron chi connectivity index (χ1n) is 6.36. The molecule has 3 rings (SSSR count). The van der Waals surface area contributed by atoms with Gasteiger partial charge in [-0.2, -0.15) is 0 Å². The third kappa shape index (κ3) is 2.53. The van der Waals surface area contributed by atoms with E-state index in [0.29, 0.717) is 11.6 Å². The molecule has 1 aromatic carbocycles. The number of thiazole rings is 1. The molecule has 1 aliphatic rings. The van der Waals surface area contributed by atoms with E-state index in [1.54, 1.807) is 5.38 Å². The number of nitrogens with zero attached hydrogens (tertiary/aromatic N) is 1. The van der Waals surface area contributed by atoms with Crippen LogP contribution in [0.4, 0.5) is 8.78 Å². The van der Waals surface area contributed by atoms with Gasteiger partial charge in [-0.15, -0.1) is 11.3 Å². The Morgan fingerprint density at radius 1 is 1.26 bits per heavy atom. The van der Waals surface area contributed by atoms with Crippen LogP contribution in [-0.4, -0.2) is 18.1 Å². The fourth-order valence-corrected chi connectivity index (χ4v) is 3.34. The molecule has 2 heterocycles. The predicted molar refractivity (Wildman–Crippen MR) is 72.3 cm³/mol. The first-order valence-corrected chi connectivity index (χ1v) is 7.24. The summed E-state index contributed by atoms with van der Waals surface area (Å²) in [5.41, 5.74) is 0.384. The molecular formula is C14H14F2N2S. The molecule has 2 aromatic rings. The van der Waals surface area contributed by atoms with Gasteiger partial charge in [-0.25, -0.2) is 13.8 Å². The second-order valence-electron chi connectivity index (χ2n) is 4.71. The summed E-state index contributed by atoms with van der Waals surface area (Å²) in [6, 6.07) is 3.89. The monoisotopic (exact) mass is 280 g/mol. The van der Waals surface area contributed by atoms with Crippen LogP contribution in [0.3, 0.4) is 0 Å². The van der Waals surface area contributed by atoms with Crippen molar-refractivity contribution >= 4 is 11.3 Å². The summed E-state index contributed by atoms with van der Waals surface area (Å²) in [6.45, 7) is 1.93. The summed E-state index contributed by atoms with van der Waals surface area (Å²) < 4.78 is 27.4. The van der Waals surface area contributed by atoms with Crippen molar-refractivity contribution in [1.82, 2.24) is 10.3 Å². The lowest BCUT2D eigenvalue weighted by atomic mass is 10.0. The Morgan fingerprint density at radius 2 is 2.05 bits per heavy atom. The number of piperidine rings is 1. The van der Waals surface area contributed by atoms with Crippen molar-refractivity contribution in [3.8, 4) is 11.3 Å². The molecule has 0 aliphatic carbocycles. The molecule has 0 radical (unpaired) electrons. The smallest absolute Gasteiger partial charge is 0.135 e. The van der Waals surface area contributed by atoms with Crippen LogP contribution in [0.2, 0.25) is 0 Å². The van der Waals surface area contributed by atoms with Gasteiger partial charge in [0, 0.05) is 17.8 Å². The highest BCUT2D eigenvalue weighted by Gasteiger charge is 2.20. The van der Waals surface area contributed by atoms with E-state index in [2.05, 4.69) is 10.3 Å². The summed E-state index contributed by atoms with van der Waals surface area (Å²) in [7, 11) is 0. The Morgan fingerprint density at radius 3 is 2.74 bits per heavy atom. The molecule has 5 heteroatoms. The van der Waals surface area contributed by atoms with E-state index in [1.807, 2.05) is 0 Å². The number of aromatic nitrogens is 1. The van der Waals surface area contributed by atoms with Gasteiger partial charge in [0.25, 0.3) is 0 Å². The fraction of sp³-hybridized carbons (Fsp3) is 0.357. The Hall–Kier alpha value is -1.33. The lowest BCUT2D eigenvalue weighted by molar-refractivity contribution is 0.460. The minimum absolute atomic E-state index is 0.0197. The van der Waals surface area contributed by atoms with Crippen molar-refractivity contribution in [3.05, 3.63) is 40.2 Å². The molecule has 1 aliphatic heterocycles. The van der Waals surface area contributed by atoms with E-state index in [-0.39, 0.29) is 5.56 Å². The van der Waals surface area contributed by atoms with E-state index < -0.39 is 11.6 Å². The third-order valence-electron chi connectivity index (χ3n) is 3.39. The van der Waals surface area contributed by atoms with Crippen molar-refractivity contribution in [2.75, 3.05) is 13.1 Å². The number of benzene rings is 1. The Labute approximate surface area is 114 Å². The normalized spacial score (nSPS) is 19.6. The molecule has 1 saturated heterocycles. The lowest BCUT2D eigenvalue weighted by Crippen LogP contribution is -2.28. The Balaban J connectivity index is 1.92. The van der Waals surface area contributed by atoms with Gasteiger partial charge >= 0.3 is 0 Å².